The third-order valence-corrected chi connectivity index (χ3v) is 3.50. The van der Waals surface area contributed by atoms with E-state index in [1.54, 1.807) is 18.7 Å². The Hall–Kier alpha value is -2.96. The highest BCUT2D eigenvalue weighted by Crippen LogP contribution is 2.37. The average molecular weight is 283 g/mol. The Morgan fingerprint density at radius 3 is 2.95 bits per heavy atom. The summed E-state index contributed by atoms with van der Waals surface area (Å²) in [5, 5.41) is 0. The van der Waals surface area contributed by atoms with Gasteiger partial charge in [-0.3, -0.25) is 0 Å². The molecule has 1 unspecified atom stereocenters. The smallest absolute Gasteiger partial charge is 0.231 e. The molecule has 21 heavy (non-hydrogen) atoms. The molecule has 1 aliphatic heterocycles. The number of ether oxygens (including phenoxy) is 2. The number of nitrogens with zero attached hydrogens (tertiary/aromatic N) is 3. The van der Waals surface area contributed by atoms with Crippen molar-refractivity contribution in [1.29, 1.82) is 0 Å². The molecule has 0 saturated carbocycles. The van der Waals surface area contributed by atoms with Gasteiger partial charge in [0.25, 0.3) is 0 Å². The molecule has 7 nitrogen and oxygen atoms in total. The number of nitrogens with one attached hydrogen (secondary N) is 1. The molecule has 1 aliphatic rings. The molecule has 1 atom stereocenters. The Morgan fingerprint density at radius 1 is 1.29 bits per heavy atom. The fourth-order valence-corrected chi connectivity index (χ4v) is 2.53. The molecule has 3 N–H and O–H groups in total. The monoisotopic (exact) mass is 283 g/mol. The lowest BCUT2D eigenvalue weighted by Gasteiger charge is -2.19. The standard InChI is InChI=1S/C14H13N5O2/c15-14-17-3-4-19(14)13(10-6-16-7-18-10)9-1-2-11-12(5-9)21-8-20-11/h1-7,13H,8H2,(H2,15,17)(H,16,18). The minimum atomic E-state index is -0.149. The van der Waals surface area contributed by atoms with Crippen LogP contribution in [0.3, 0.4) is 0 Å². The largest absolute Gasteiger partial charge is 0.454 e. The van der Waals surface area contributed by atoms with Crippen molar-refractivity contribution in [3.63, 3.8) is 0 Å². The zero-order valence-electron chi connectivity index (χ0n) is 11.1. The van der Waals surface area contributed by atoms with Crippen molar-refractivity contribution >= 4 is 5.95 Å². The summed E-state index contributed by atoms with van der Waals surface area (Å²) in [5.74, 6) is 1.92. The van der Waals surface area contributed by atoms with E-state index in [2.05, 4.69) is 15.0 Å². The molecule has 0 spiro atoms. The fourth-order valence-electron chi connectivity index (χ4n) is 2.53. The topological polar surface area (TPSA) is 91.0 Å². The van der Waals surface area contributed by atoms with E-state index in [0.717, 1.165) is 22.8 Å². The number of aromatic amines is 1. The number of imidazole rings is 2. The van der Waals surface area contributed by atoms with Gasteiger partial charge in [-0.1, -0.05) is 6.07 Å². The molecule has 106 valence electrons. The first-order chi connectivity index (χ1) is 10.3. The molecular formula is C14H13N5O2. The lowest BCUT2D eigenvalue weighted by Crippen LogP contribution is -2.14. The molecule has 2 aromatic heterocycles. The third kappa shape index (κ3) is 1.90. The van der Waals surface area contributed by atoms with Gasteiger partial charge in [0.2, 0.25) is 12.7 Å². The van der Waals surface area contributed by atoms with E-state index in [-0.39, 0.29) is 12.8 Å². The summed E-state index contributed by atoms with van der Waals surface area (Å²) in [4.78, 5) is 11.3. The van der Waals surface area contributed by atoms with Crippen LogP contribution in [-0.2, 0) is 0 Å². The first-order valence-corrected chi connectivity index (χ1v) is 6.49. The van der Waals surface area contributed by atoms with Gasteiger partial charge in [-0.25, -0.2) is 9.97 Å². The summed E-state index contributed by atoms with van der Waals surface area (Å²) >= 11 is 0. The summed E-state index contributed by atoms with van der Waals surface area (Å²) in [6.45, 7) is 0.251. The zero-order valence-corrected chi connectivity index (χ0v) is 11.1. The Balaban J connectivity index is 1.85. The molecule has 3 aromatic rings. The highest BCUT2D eigenvalue weighted by molar-refractivity contribution is 5.47. The lowest BCUT2D eigenvalue weighted by atomic mass is 10.0. The van der Waals surface area contributed by atoms with Gasteiger partial charge in [-0.2, -0.15) is 0 Å². The van der Waals surface area contributed by atoms with Crippen LogP contribution >= 0.6 is 0 Å². The second-order valence-corrected chi connectivity index (χ2v) is 4.71. The van der Waals surface area contributed by atoms with Crippen LogP contribution in [0.2, 0.25) is 0 Å². The Bertz CT molecular complexity index is 766. The van der Waals surface area contributed by atoms with Crippen LogP contribution in [0, 0.1) is 0 Å². The minimum Gasteiger partial charge on any atom is -0.454 e. The van der Waals surface area contributed by atoms with E-state index in [4.69, 9.17) is 15.2 Å². The van der Waals surface area contributed by atoms with Crippen molar-refractivity contribution in [1.82, 2.24) is 19.5 Å². The SMILES string of the molecule is Nc1nccn1C(c1ccc2c(c1)OCO2)c1cnc[nH]1. The van der Waals surface area contributed by atoms with E-state index in [0.29, 0.717) is 5.95 Å². The maximum Gasteiger partial charge on any atom is 0.231 e. The molecule has 0 saturated heterocycles. The van der Waals surface area contributed by atoms with Crippen LogP contribution in [0.1, 0.15) is 17.3 Å². The number of fused-ring (bicyclic) bond motifs is 1. The number of nitrogen functional groups attached to an aromatic ring is 1. The van der Waals surface area contributed by atoms with Gasteiger partial charge in [0.15, 0.2) is 11.5 Å². The number of anilines is 1. The van der Waals surface area contributed by atoms with Crippen molar-refractivity contribution in [2.75, 3.05) is 12.5 Å². The van der Waals surface area contributed by atoms with Gasteiger partial charge in [0, 0.05) is 12.4 Å². The van der Waals surface area contributed by atoms with Crippen LogP contribution in [0.15, 0.2) is 43.1 Å². The highest BCUT2D eigenvalue weighted by Gasteiger charge is 2.22. The van der Waals surface area contributed by atoms with Crippen molar-refractivity contribution < 1.29 is 9.47 Å². The first kappa shape index (κ1) is 11.8. The van der Waals surface area contributed by atoms with Crippen molar-refractivity contribution in [2.24, 2.45) is 0 Å². The molecule has 4 rings (SSSR count). The number of benzene rings is 1. The number of H-pyrrole nitrogens is 1. The molecule has 0 radical (unpaired) electrons. The third-order valence-electron chi connectivity index (χ3n) is 3.50. The summed E-state index contributed by atoms with van der Waals surface area (Å²) in [5.41, 5.74) is 7.88. The van der Waals surface area contributed by atoms with Crippen LogP contribution in [0.25, 0.3) is 0 Å². The van der Waals surface area contributed by atoms with Gasteiger partial charge < -0.3 is 24.8 Å². The second-order valence-electron chi connectivity index (χ2n) is 4.71. The fraction of sp³-hybridized carbons (Fsp3) is 0.143. The lowest BCUT2D eigenvalue weighted by molar-refractivity contribution is 0.174. The predicted molar refractivity (Wildman–Crippen MR) is 75.0 cm³/mol. The van der Waals surface area contributed by atoms with Crippen LogP contribution in [-0.4, -0.2) is 26.3 Å². The number of aromatic nitrogens is 4. The predicted octanol–water partition coefficient (Wildman–Crippen LogP) is 1.55. The molecule has 3 heterocycles. The Labute approximate surface area is 120 Å². The normalized spacial score (nSPS) is 14.3. The molecule has 0 aliphatic carbocycles. The van der Waals surface area contributed by atoms with Gasteiger partial charge in [-0.05, 0) is 17.7 Å². The number of hydrogen-bond acceptors (Lipinski definition) is 5. The quantitative estimate of drug-likeness (QED) is 0.761. The zero-order chi connectivity index (χ0) is 14.2. The number of rotatable bonds is 3. The van der Waals surface area contributed by atoms with Gasteiger partial charge in [0.1, 0.15) is 6.04 Å². The summed E-state index contributed by atoms with van der Waals surface area (Å²) in [6, 6.07) is 5.68. The van der Waals surface area contributed by atoms with Crippen LogP contribution in [0.4, 0.5) is 5.95 Å². The maximum atomic E-state index is 5.96. The van der Waals surface area contributed by atoms with Crippen molar-refractivity contribution in [2.45, 2.75) is 6.04 Å². The van der Waals surface area contributed by atoms with E-state index in [9.17, 15) is 0 Å². The summed E-state index contributed by atoms with van der Waals surface area (Å²) < 4.78 is 12.7. The van der Waals surface area contributed by atoms with Crippen molar-refractivity contribution in [3.8, 4) is 11.5 Å². The maximum absolute atomic E-state index is 5.96. The Morgan fingerprint density at radius 2 is 2.19 bits per heavy atom. The molecule has 0 fully saturated rings. The van der Waals surface area contributed by atoms with E-state index >= 15 is 0 Å². The van der Waals surface area contributed by atoms with Gasteiger partial charge >= 0.3 is 0 Å². The molecule has 1 aromatic carbocycles. The minimum absolute atomic E-state index is 0.149. The molecule has 0 bridgehead atoms. The number of hydrogen-bond donors (Lipinski definition) is 2. The highest BCUT2D eigenvalue weighted by atomic mass is 16.7. The van der Waals surface area contributed by atoms with Crippen LogP contribution < -0.4 is 15.2 Å². The average Bonchev–Trinajstić information content (AvgIpc) is 3.22. The second kappa shape index (κ2) is 4.55. The van der Waals surface area contributed by atoms with Gasteiger partial charge in [0.05, 0.1) is 18.2 Å². The molecule has 0 amide bonds. The molecular weight excluding hydrogens is 270 g/mol. The number of nitrogens with two attached hydrogens (primary N) is 1. The summed E-state index contributed by atoms with van der Waals surface area (Å²) in [7, 11) is 0. The van der Waals surface area contributed by atoms with Crippen LogP contribution in [0.5, 0.6) is 11.5 Å². The first-order valence-electron chi connectivity index (χ1n) is 6.49. The van der Waals surface area contributed by atoms with E-state index in [1.807, 2.05) is 29.0 Å². The van der Waals surface area contributed by atoms with Crippen molar-refractivity contribution in [3.05, 3.63) is 54.4 Å². The van der Waals surface area contributed by atoms with E-state index < -0.39 is 0 Å². The van der Waals surface area contributed by atoms with Gasteiger partial charge in [-0.15, -0.1) is 0 Å². The summed E-state index contributed by atoms with van der Waals surface area (Å²) in [6.07, 6.45) is 6.92. The Kier molecular flexibility index (Phi) is 2.56. The van der Waals surface area contributed by atoms with E-state index in [1.165, 1.54) is 0 Å². The molecule has 7 heteroatoms.